The van der Waals surface area contributed by atoms with Gasteiger partial charge in [-0.1, -0.05) is 29.8 Å². The van der Waals surface area contributed by atoms with Crippen LogP contribution < -0.4 is 0 Å². The molecule has 1 N–H and O–H groups in total. The molecule has 0 unspecified atom stereocenters. The highest BCUT2D eigenvalue weighted by molar-refractivity contribution is 7.89. The van der Waals surface area contributed by atoms with Gasteiger partial charge in [0.1, 0.15) is 0 Å². The molecule has 7 heteroatoms. The molecular formula is C20H22ClNO4S. The number of halogens is 1. The number of carboxylic acid groups (broad SMARTS) is 1. The van der Waals surface area contributed by atoms with Gasteiger partial charge >= 0.3 is 5.97 Å². The summed E-state index contributed by atoms with van der Waals surface area (Å²) in [6.07, 6.45) is 1.30. The van der Waals surface area contributed by atoms with Crippen LogP contribution in [0.5, 0.6) is 0 Å². The van der Waals surface area contributed by atoms with Crippen molar-refractivity contribution in [3.05, 3.63) is 64.2 Å². The summed E-state index contributed by atoms with van der Waals surface area (Å²) in [6, 6.07) is 12.4. The molecule has 1 aliphatic heterocycles. The molecule has 0 radical (unpaired) electrons. The van der Waals surface area contributed by atoms with Crippen LogP contribution in [0.3, 0.4) is 0 Å². The van der Waals surface area contributed by atoms with Gasteiger partial charge < -0.3 is 5.11 Å². The Hall–Kier alpha value is -1.89. The first-order valence-corrected chi connectivity index (χ1v) is 10.7. The number of hydrogen-bond acceptors (Lipinski definition) is 3. The fraction of sp³-hybridized carbons (Fsp3) is 0.350. The average molecular weight is 408 g/mol. The van der Waals surface area contributed by atoms with Crippen molar-refractivity contribution in [3.63, 3.8) is 0 Å². The SMILES string of the molecule is Cc1ccc(S(=O)(=O)N2CCC(c3ccc(Cl)cc3)CC2)cc1CC(=O)O. The predicted molar refractivity (Wildman–Crippen MR) is 105 cm³/mol. The monoisotopic (exact) mass is 407 g/mol. The first kappa shape index (κ1) is 19.9. The molecule has 0 aliphatic carbocycles. The lowest BCUT2D eigenvalue weighted by Gasteiger charge is -2.31. The van der Waals surface area contributed by atoms with Crippen LogP contribution in [-0.2, 0) is 21.2 Å². The Morgan fingerprint density at radius 3 is 2.37 bits per heavy atom. The van der Waals surface area contributed by atoms with Gasteiger partial charge in [-0.3, -0.25) is 4.79 Å². The predicted octanol–water partition coefficient (Wildman–Crippen LogP) is 3.84. The van der Waals surface area contributed by atoms with Crippen LogP contribution >= 0.6 is 11.6 Å². The van der Waals surface area contributed by atoms with Gasteiger partial charge in [-0.25, -0.2) is 8.42 Å². The number of piperidine rings is 1. The lowest BCUT2D eigenvalue weighted by atomic mass is 9.90. The number of hydrogen-bond donors (Lipinski definition) is 1. The summed E-state index contributed by atoms with van der Waals surface area (Å²) in [6.45, 7) is 2.67. The number of carboxylic acids is 1. The third-order valence-electron chi connectivity index (χ3n) is 5.10. The fourth-order valence-corrected chi connectivity index (χ4v) is 5.12. The molecule has 0 spiro atoms. The maximum absolute atomic E-state index is 13.0. The molecule has 0 amide bonds. The van der Waals surface area contributed by atoms with E-state index in [9.17, 15) is 13.2 Å². The van der Waals surface area contributed by atoms with Gasteiger partial charge in [-0.05, 0) is 66.6 Å². The van der Waals surface area contributed by atoms with E-state index in [-0.39, 0.29) is 11.3 Å². The van der Waals surface area contributed by atoms with E-state index in [0.717, 1.165) is 18.4 Å². The second-order valence-corrected chi connectivity index (χ2v) is 9.26. The van der Waals surface area contributed by atoms with Crippen LogP contribution in [0.4, 0.5) is 0 Å². The summed E-state index contributed by atoms with van der Waals surface area (Å²) in [7, 11) is -3.63. The molecule has 1 heterocycles. The van der Waals surface area contributed by atoms with Crippen LogP contribution in [0, 0.1) is 6.92 Å². The summed E-state index contributed by atoms with van der Waals surface area (Å²) < 4.78 is 27.5. The average Bonchev–Trinajstić information content (AvgIpc) is 2.64. The summed E-state index contributed by atoms with van der Waals surface area (Å²) in [5, 5.41) is 9.71. The quantitative estimate of drug-likeness (QED) is 0.816. The Kier molecular flexibility index (Phi) is 5.89. The third kappa shape index (κ3) is 4.51. The number of sulfonamides is 1. The van der Waals surface area contributed by atoms with Crippen molar-refractivity contribution in [2.75, 3.05) is 13.1 Å². The van der Waals surface area contributed by atoms with Crippen LogP contribution in [0.25, 0.3) is 0 Å². The Labute approximate surface area is 164 Å². The van der Waals surface area contributed by atoms with E-state index in [1.807, 2.05) is 24.3 Å². The Morgan fingerprint density at radius 1 is 1.15 bits per heavy atom. The van der Waals surface area contributed by atoms with E-state index < -0.39 is 16.0 Å². The molecule has 1 aliphatic rings. The summed E-state index contributed by atoms with van der Waals surface area (Å²) in [5.74, 6) is -0.661. The normalized spacial score (nSPS) is 16.4. The molecule has 144 valence electrons. The molecular weight excluding hydrogens is 386 g/mol. The number of rotatable bonds is 5. The first-order valence-electron chi connectivity index (χ1n) is 8.84. The van der Waals surface area contributed by atoms with Gasteiger partial charge in [0.15, 0.2) is 0 Å². The highest BCUT2D eigenvalue weighted by Crippen LogP contribution is 2.31. The zero-order valence-electron chi connectivity index (χ0n) is 15.1. The molecule has 0 bridgehead atoms. The Balaban J connectivity index is 1.75. The third-order valence-corrected chi connectivity index (χ3v) is 7.24. The van der Waals surface area contributed by atoms with E-state index in [2.05, 4.69) is 0 Å². The largest absolute Gasteiger partial charge is 0.481 e. The Morgan fingerprint density at radius 2 is 1.78 bits per heavy atom. The molecule has 2 aromatic carbocycles. The highest BCUT2D eigenvalue weighted by Gasteiger charge is 2.30. The Bertz CT molecular complexity index is 933. The minimum Gasteiger partial charge on any atom is -0.481 e. The summed E-state index contributed by atoms with van der Waals surface area (Å²) in [5.41, 5.74) is 2.48. The van der Waals surface area contributed by atoms with Crippen molar-refractivity contribution >= 4 is 27.6 Å². The highest BCUT2D eigenvalue weighted by atomic mass is 35.5. The standard InChI is InChI=1S/C20H22ClNO4S/c1-14-2-7-19(12-17(14)13-20(23)24)27(25,26)22-10-8-16(9-11-22)15-3-5-18(21)6-4-15/h2-7,12,16H,8-11,13H2,1H3,(H,23,24). The number of aliphatic carboxylic acids is 1. The second kappa shape index (κ2) is 8.00. The molecule has 2 aromatic rings. The van der Waals surface area contributed by atoms with Gasteiger partial charge in [0.05, 0.1) is 11.3 Å². The topological polar surface area (TPSA) is 74.7 Å². The van der Waals surface area contributed by atoms with Crippen LogP contribution in [0.2, 0.25) is 5.02 Å². The van der Waals surface area contributed by atoms with E-state index in [0.29, 0.717) is 29.6 Å². The van der Waals surface area contributed by atoms with Gasteiger partial charge in [-0.2, -0.15) is 4.31 Å². The number of nitrogens with zero attached hydrogens (tertiary/aromatic N) is 1. The smallest absolute Gasteiger partial charge is 0.307 e. The van der Waals surface area contributed by atoms with Gasteiger partial charge in [0.2, 0.25) is 10.0 Å². The van der Waals surface area contributed by atoms with Crippen LogP contribution in [-0.4, -0.2) is 36.9 Å². The van der Waals surface area contributed by atoms with Crippen molar-refractivity contribution in [1.29, 1.82) is 0 Å². The van der Waals surface area contributed by atoms with E-state index in [1.165, 1.54) is 15.9 Å². The molecule has 0 saturated carbocycles. The minimum atomic E-state index is -3.63. The first-order chi connectivity index (χ1) is 12.8. The van der Waals surface area contributed by atoms with E-state index >= 15 is 0 Å². The zero-order valence-corrected chi connectivity index (χ0v) is 16.6. The maximum atomic E-state index is 13.0. The molecule has 5 nitrogen and oxygen atoms in total. The van der Waals surface area contributed by atoms with Gasteiger partial charge in [0.25, 0.3) is 0 Å². The van der Waals surface area contributed by atoms with Crippen LogP contribution in [0.1, 0.15) is 35.4 Å². The lowest BCUT2D eigenvalue weighted by Crippen LogP contribution is -2.38. The van der Waals surface area contributed by atoms with Crippen molar-refractivity contribution in [2.45, 2.75) is 37.0 Å². The maximum Gasteiger partial charge on any atom is 0.307 e. The molecule has 3 rings (SSSR count). The van der Waals surface area contributed by atoms with Crippen molar-refractivity contribution in [2.24, 2.45) is 0 Å². The zero-order chi connectivity index (χ0) is 19.6. The van der Waals surface area contributed by atoms with E-state index in [1.54, 1.807) is 19.1 Å². The molecule has 1 saturated heterocycles. The number of aryl methyl sites for hydroxylation is 1. The minimum absolute atomic E-state index is 0.161. The van der Waals surface area contributed by atoms with Crippen molar-refractivity contribution in [3.8, 4) is 0 Å². The summed E-state index contributed by atoms with van der Waals surface area (Å²) >= 11 is 5.93. The molecule has 1 fully saturated rings. The van der Waals surface area contributed by atoms with Gasteiger partial charge in [0, 0.05) is 18.1 Å². The van der Waals surface area contributed by atoms with Crippen molar-refractivity contribution in [1.82, 2.24) is 4.31 Å². The molecule has 0 atom stereocenters. The number of carbonyl (C=O) groups is 1. The van der Waals surface area contributed by atoms with Crippen molar-refractivity contribution < 1.29 is 18.3 Å². The fourth-order valence-electron chi connectivity index (χ4n) is 3.48. The van der Waals surface area contributed by atoms with E-state index in [4.69, 9.17) is 16.7 Å². The van der Waals surface area contributed by atoms with Gasteiger partial charge in [-0.15, -0.1) is 0 Å². The number of benzene rings is 2. The summed E-state index contributed by atoms with van der Waals surface area (Å²) in [4.78, 5) is 11.2. The lowest BCUT2D eigenvalue weighted by molar-refractivity contribution is -0.136. The second-order valence-electron chi connectivity index (χ2n) is 6.89. The molecule has 27 heavy (non-hydrogen) atoms. The molecule has 0 aromatic heterocycles. The van der Waals surface area contributed by atoms with Crippen LogP contribution in [0.15, 0.2) is 47.4 Å².